The van der Waals surface area contributed by atoms with Crippen molar-refractivity contribution in [1.29, 1.82) is 0 Å². The lowest BCUT2D eigenvalue weighted by molar-refractivity contribution is 0.594. The van der Waals surface area contributed by atoms with Gasteiger partial charge < -0.3 is 0 Å². The Labute approximate surface area is 94.0 Å². The van der Waals surface area contributed by atoms with Crippen LogP contribution in [0.4, 0.5) is 0 Å². The summed E-state index contributed by atoms with van der Waals surface area (Å²) < 4.78 is 0. The van der Waals surface area contributed by atoms with Gasteiger partial charge in [0.25, 0.3) is 0 Å². The molecule has 0 spiro atoms. The van der Waals surface area contributed by atoms with Gasteiger partial charge in [0.2, 0.25) is 0 Å². The zero-order valence-corrected chi connectivity index (χ0v) is 10.4. The van der Waals surface area contributed by atoms with Crippen LogP contribution in [0, 0.1) is 12.8 Å². The van der Waals surface area contributed by atoms with Gasteiger partial charge in [-0.2, -0.15) is 0 Å². The van der Waals surface area contributed by atoms with Crippen molar-refractivity contribution >= 4 is 5.57 Å². The van der Waals surface area contributed by atoms with Gasteiger partial charge in [-0.15, -0.1) is 0 Å². The molecule has 0 bridgehead atoms. The van der Waals surface area contributed by atoms with Gasteiger partial charge >= 0.3 is 0 Å². The average molecular weight is 202 g/mol. The second-order valence-corrected chi connectivity index (χ2v) is 4.72. The number of rotatable bonds is 4. The number of aryl methyl sites for hydroxylation is 1. The molecule has 0 aromatic heterocycles. The van der Waals surface area contributed by atoms with E-state index in [0.29, 0.717) is 0 Å². The van der Waals surface area contributed by atoms with Crippen LogP contribution in [-0.4, -0.2) is 0 Å². The summed E-state index contributed by atoms with van der Waals surface area (Å²) in [6.45, 7) is 8.87. The SMILES string of the molecule is C/C(=C\CCC(C)C)c1ccc(C)cc1. The molecule has 0 unspecified atom stereocenters. The van der Waals surface area contributed by atoms with Crippen molar-refractivity contribution < 1.29 is 0 Å². The summed E-state index contributed by atoms with van der Waals surface area (Å²) in [6.07, 6.45) is 4.82. The number of allylic oxidation sites excluding steroid dienone is 2. The molecule has 0 saturated carbocycles. The van der Waals surface area contributed by atoms with Crippen LogP contribution in [0.2, 0.25) is 0 Å². The second-order valence-electron chi connectivity index (χ2n) is 4.72. The fourth-order valence-corrected chi connectivity index (χ4v) is 1.57. The lowest BCUT2D eigenvalue weighted by atomic mass is 10.0. The van der Waals surface area contributed by atoms with E-state index in [9.17, 15) is 0 Å². The normalized spacial score (nSPS) is 12.2. The number of hydrogen-bond acceptors (Lipinski definition) is 0. The Hall–Kier alpha value is -1.04. The van der Waals surface area contributed by atoms with Gasteiger partial charge in [-0.05, 0) is 43.7 Å². The van der Waals surface area contributed by atoms with E-state index in [0.717, 1.165) is 5.92 Å². The fraction of sp³-hybridized carbons (Fsp3) is 0.467. The van der Waals surface area contributed by atoms with E-state index in [4.69, 9.17) is 0 Å². The number of hydrogen-bond donors (Lipinski definition) is 0. The first kappa shape index (κ1) is 12.0. The predicted molar refractivity (Wildman–Crippen MR) is 68.9 cm³/mol. The molecule has 0 aliphatic rings. The van der Waals surface area contributed by atoms with E-state index < -0.39 is 0 Å². The van der Waals surface area contributed by atoms with Crippen LogP contribution in [-0.2, 0) is 0 Å². The van der Waals surface area contributed by atoms with Gasteiger partial charge in [-0.3, -0.25) is 0 Å². The summed E-state index contributed by atoms with van der Waals surface area (Å²) in [5.74, 6) is 0.798. The van der Waals surface area contributed by atoms with Crippen molar-refractivity contribution in [2.45, 2.75) is 40.5 Å². The topological polar surface area (TPSA) is 0 Å². The van der Waals surface area contributed by atoms with E-state index in [-0.39, 0.29) is 0 Å². The molecule has 0 amide bonds. The Morgan fingerprint density at radius 3 is 2.33 bits per heavy atom. The minimum absolute atomic E-state index is 0.798. The zero-order valence-electron chi connectivity index (χ0n) is 10.4. The van der Waals surface area contributed by atoms with Gasteiger partial charge in [0.15, 0.2) is 0 Å². The van der Waals surface area contributed by atoms with Crippen LogP contribution in [0.15, 0.2) is 30.3 Å². The zero-order chi connectivity index (χ0) is 11.3. The first-order chi connectivity index (χ1) is 7.09. The van der Waals surface area contributed by atoms with Gasteiger partial charge in [0.1, 0.15) is 0 Å². The summed E-state index contributed by atoms with van der Waals surface area (Å²) >= 11 is 0. The quantitative estimate of drug-likeness (QED) is 0.655. The molecule has 0 heterocycles. The van der Waals surface area contributed by atoms with Crippen LogP contribution in [0.3, 0.4) is 0 Å². The summed E-state index contributed by atoms with van der Waals surface area (Å²) in [7, 11) is 0. The first-order valence-electron chi connectivity index (χ1n) is 5.83. The van der Waals surface area contributed by atoms with Crippen LogP contribution >= 0.6 is 0 Å². The first-order valence-corrected chi connectivity index (χ1v) is 5.83. The summed E-state index contributed by atoms with van der Waals surface area (Å²) in [5, 5.41) is 0. The van der Waals surface area contributed by atoms with Crippen molar-refractivity contribution in [2.75, 3.05) is 0 Å². The molecule has 0 nitrogen and oxygen atoms in total. The minimum Gasteiger partial charge on any atom is -0.0810 e. The smallest absolute Gasteiger partial charge is 0.0230 e. The van der Waals surface area contributed by atoms with E-state index in [1.54, 1.807) is 0 Å². The molecule has 0 aliphatic carbocycles. The Kier molecular flexibility index (Phi) is 4.61. The molecular weight excluding hydrogens is 180 g/mol. The third-order valence-electron chi connectivity index (χ3n) is 2.70. The van der Waals surface area contributed by atoms with E-state index in [1.807, 2.05) is 0 Å². The van der Waals surface area contributed by atoms with Crippen LogP contribution in [0.5, 0.6) is 0 Å². The van der Waals surface area contributed by atoms with Gasteiger partial charge in [0.05, 0.1) is 0 Å². The van der Waals surface area contributed by atoms with E-state index >= 15 is 0 Å². The highest BCUT2D eigenvalue weighted by Gasteiger charge is 1.96. The van der Waals surface area contributed by atoms with Crippen molar-refractivity contribution in [3.05, 3.63) is 41.5 Å². The molecule has 1 aromatic carbocycles. The molecule has 0 heteroatoms. The molecule has 0 N–H and O–H groups in total. The summed E-state index contributed by atoms with van der Waals surface area (Å²) in [5.41, 5.74) is 4.08. The van der Waals surface area contributed by atoms with Crippen molar-refractivity contribution in [3.63, 3.8) is 0 Å². The molecular formula is C15H22. The summed E-state index contributed by atoms with van der Waals surface area (Å²) in [4.78, 5) is 0. The highest BCUT2D eigenvalue weighted by Crippen LogP contribution is 2.16. The maximum atomic E-state index is 2.35. The molecule has 0 atom stereocenters. The molecule has 82 valence electrons. The van der Waals surface area contributed by atoms with E-state index in [1.165, 1.54) is 29.5 Å². The minimum atomic E-state index is 0.798. The predicted octanol–water partition coefficient (Wildman–Crippen LogP) is 4.83. The third kappa shape index (κ3) is 4.33. The Balaban J connectivity index is 2.59. The third-order valence-corrected chi connectivity index (χ3v) is 2.70. The molecule has 0 radical (unpaired) electrons. The maximum absolute atomic E-state index is 2.35. The highest BCUT2D eigenvalue weighted by atomic mass is 14.0. The molecule has 0 fully saturated rings. The van der Waals surface area contributed by atoms with Crippen LogP contribution < -0.4 is 0 Å². The van der Waals surface area contributed by atoms with Crippen LogP contribution in [0.1, 0.15) is 44.7 Å². The van der Waals surface area contributed by atoms with E-state index in [2.05, 4.69) is 58.0 Å². The summed E-state index contributed by atoms with van der Waals surface area (Å²) in [6, 6.07) is 8.76. The van der Waals surface area contributed by atoms with Crippen LogP contribution in [0.25, 0.3) is 5.57 Å². The fourth-order valence-electron chi connectivity index (χ4n) is 1.57. The highest BCUT2D eigenvalue weighted by molar-refractivity contribution is 5.63. The number of benzene rings is 1. The molecule has 1 rings (SSSR count). The Morgan fingerprint density at radius 1 is 1.20 bits per heavy atom. The molecule has 0 aliphatic heterocycles. The molecule has 15 heavy (non-hydrogen) atoms. The average Bonchev–Trinajstić information content (AvgIpc) is 2.18. The lowest BCUT2D eigenvalue weighted by Gasteiger charge is -2.04. The van der Waals surface area contributed by atoms with Gasteiger partial charge in [-0.25, -0.2) is 0 Å². The monoisotopic (exact) mass is 202 g/mol. The van der Waals surface area contributed by atoms with Crippen molar-refractivity contribution in [1.82, 2.24) is 0 Å². The van der Waals surface area contributed by atoms with Gasteiger partial charge in [0, 0.05) is 0 Å². The standard InChI is InChI=1S/C15H22/c1-12(2)6-5-7-14(4)15-10-8-13(3)9-11-15/h7-12H,5-6H2,1-4H3/b14-7+. The second kappa shape index (κ2) is 5.75. The molecule has 1 aromatic rings. The molecule has 0 saturated heterocycles. The lowest BCUT2D eigenvalue weighted by Crippen LogP contribution is -1.85. The Morgan fingerprint density at radius 2 is 1.80 bits per heavy atom. The Bertz CT molecular complexity index is 314. The van der Waals surface area contributed by atoms with Gasteiger partial charge in [-0.1, -0.05) is 49.8 Å². The maximum Gasteiger partial charge on any atom is -0.0230 e. The van der Waals surface area contributed by atoms with Crippen molar-refractivity contribution in [3.8, 4) is 0 Å². The van der Waals surface area contributed by atoms with Crippen molar-refractivity contribution in [2.24, 2.45) is 5.92 Å². The largest absolute Gasteiger partial charge is 0.0810 e.